The molecule has 4 heteroatoms. The van der Waals surface area contributed by atoms with E-state index in [1.165, 1.54) is 6.42 Å². The molecule has 1 aliphatic carbocycles. The number of amides is 1. The molecule has 1 heterocycles. The summed E-state index contributed by atoms with van der Waals surface area (Å²) in [6.07, 6.45) is 5.10. The Balaban J connectivity index is 1.99. The number of hydrogen-bond acceptors (Lipinski definition) is 2. The van der Waals surface area contributed by atoms with E-state index in [0.29, 0.717) is 11.7 Å². The van der Waals surface area contributed by atoms with Crippen molar-refractivity contribution in [2.45, 2.75) is 26.2 Å². The van der Waals surface area contributed by atoms with Gasteiger partial charge in [0.05, 0.1) is 0 Å². The minimum absolute atomic E-state index is 0.124. The van der Waals surface area contributed by atoms with E-state index in [0.717, 1.165) is 16.4 Å². The van der Waals surface area contributed by atoms with E-state index in [1.807, 2.05) is 12.1 Å². The molecule has 0 spiro atoms. The molecule has 2 atom stereocenters. The Morgan fingerprint density at radius 2 is 2.31 bits per heavy atom. The van der Waals surface area contributed by atoms with E-state index in [9.17, 15) is 4.79 Å². The second-order valence-corrected chi connectivity index (χ2v) is 5.61. The van der Waals surface area contributed by atoms with Gasteiger partial charge in [-0.1, -0.05) is 13.3 Å². The van der Waals surface area contributed by atoms with Gasteiger partial charge in [-0.25, -0.2) is 4.98 Å². The van der Waals surface area contributed by atoms with Crippen LogP contribution < -0.4 is 5.32 Å². The summed E-state index contributed by atoms with van der Waals surface area (Å²) in [5, 5.41) is 2.89. The maximum absolute atomic E-state index is 12.0. The normalized spacial score (nSPS) is 24.4. The Morgan fingerprint density at radius 1 is 1.50 bits per heavy atom. The third-order valence-electron chi connectivity index (χ3n) is 3.18. The highest BCUT2D eigenvalue weighted by Crippen LogP contribution is 2.31. The minimum Gasteiger partial charge on any atom is -0.310 e. The highest BCUT2D eigenvalue weighted by Gasteiger charge is 2.29. The molecule has 1 saturated carbocycles. The van der Waals surface area contributed by atoms with Gasteiger partial charge in [0.25, 0.3) is 0 Å². The monoisotopic (exact) mass is 330 g/mol. The van der Waals surface area contributed by atoms with Gasteiger partial charge in [-0.15, -0.1) is 0 Å². The quantitative estimate of drug-likeness (QED) is 0.847. The Bertz CT molecular complexity index is 377. The number of halogens is 1. The molecule has 1 aromatic rings. The smallest absolute Gasteiger partial charge is 0.228 e. The molecule has 16 heavy (non-hydrogen) atoms. The van der Waals surface area contributed by atoms with Gasteiger partial charge < -0.3 is 5.32 Å². The van der Waals surface area contributed by atoms with E-state index in [1.54, 1.807) is 6.20 Å². The van der Waals surface area contributed by atoms with E-state index in [-0.39, 0.29) is 11.8 Å². The van der Waals surface area contributed by atoms with Crippen LogP contribution in [0, 0.1) is 15.4 Å². The lowest BCUT2D eigenvalue weighted by Crippen LogP contribution is -2.24. The predicted octanol–water partition coefficient (Wildman–Crippen LogP) is 3.06. The summed E-state index contributed by atoms with van der Waals surface area (Å²) in [7, 11) is 0. The van der Waals surface area contributed by atoms with Crippen molar-refractivity contribution in [1.29, 1.82) is 0 Å². The van der Waals surface area contributed by atoms with Crippen LogP contribution in [0.2, 0.25) is 0 Å². The van der Waals surface area contributed by atoms with Crippen LogP contribution in [0.5, 0.6) is 0 Å². The summed E-state index contributed by atoms with van der Waals surface area (Å²) < 4.78 is 1.07. The van der Waals surface area contributed by atoms with Crippen molar-refractivity contribution >= 4 is 34.3 Å². The highest BCUT2D eigenvalue weighted by atomic mass is 127. The number of carbonyl (C=O) groups excluding carboxylic acids is 1. The summed E-state index contributed by atoms with van der Waals surface area (Å²) in [6.45, 7) is 2.15. The zero-order chi connectivity index (χ0) is 11.5. The number of nitrogens with zero attached hydrogens (tertiary/aromatic N) is 1. The van der Waals surface area contributed by atoms with Crippen molar-refractivity contribution in [2.24, 2.45) is 11.8 Å². The fourth-order valence-corrected chi connectivity index (χ4v) is 2.52. The van der Waals surface area contributed by atoms with E-state index < -0.39 is 0 Å². The van der Waals surface area contributed by atoms with Gasteiger partial charge in [-0.05, 0) is 53.5 Å². The average molecular weight is 330 g/mol. The SMILES string of the molecule is CC1CCCC1C(=O)Nc1ccc(I)cn1. The zero-order valence-electron chi connectivity index (χ0n) is 9.24. The molecule has 3 nitrogen and oxygen atoms in total. The van der Waals surface area contributed by atoms with E-state index >= 15 is 0 Å². The Labute approximate surface area is 109 Å². The van der Waals surface area contributed by atoms with E-state index in [4.69, 9.17) is 0 Å². The maximum Gasteiger partial charge on any atom is 0.228 e. The fourth-order valence-electron chi connectivity index (χ4n) is 2.20. The molecule has 1 N–H and O–H groups in total. The van der Waals surface area contributed by atoms with Crippen LogP contribution in [-0.4, -0.2) is 10.9 Å². The number of aromatic nitrogens is 1. The molecule has 86 valence electrons. The first-order valence-corrected chi connectivity index (χ1v) is 6.67. The Kier molecular flexibility index (Phi) is 3.78. The van der Waals surface area contributed by atoms with Crippen LogP contribution in [0.15, 0.2) is 18.3 Å². The van der Waals surface area contributed by atoms with Crippen LogP contribution in [0.1, 0.15) is 26.2 Å². The topological polar surface area (TPSA) is 42.0 Å². The first kappa shape index (κ1) is 11.8. The Morgan fingerprint density at radius 3 is 2.88 bits per heavy atom. The summed E-state index contributed by atoms with van der Waals surface area (Å²) in [5.74, 6) is 1.45. The van der Waals surface area contributed by atoms with Gasteiger partial charge in [-0.3, -0.25) is 4.79 Å². The molecular weight excluding hydrogens is 315 g/mol. The fraction of sp³-hybridized carbons (Fsp3) is 0.500. The molecule has 1 amide bonds. The molecule has 0 saturated heterocycles. The lowest BCUT2D eigenvalue weighted by molar-refractivity contribution is -0.120. The third-order valence-corrected chi connectivity index (χ3v) is 3.82. The van der Waals surface area contributed by atoms with Crippen molar-refractivity contribution in [3.8, 4) is 0 Å². The Hall–Kier alpha value is -0.650. The molecule has 1 fully saturated rings. The van der Waals surface area contributed by atoms with Gasteiger partial charge in [0.2, 0.25) is 5.91 Å². The number of anilines is 1. The first-order chi connectivity index (χ1) is 7.66. The standard InChI is InChI=1S/C12H15IN2O/c1-8-3-2-4-10(8)12(16)15-11-6-5-9(13)7-14-11/h5-8,10H,2-4H2,1H3,(H,14,15,16). The summed E-state index contributed by atoms with van der Waals surface area (Å²) in [4.78, 5) is 16.1. The van der Waals surface area contributed by atoms with Gasteiger partial charge in [0, 0.05) is 15.7 Å². The average Bonchev–Trinajstić information content (AvgIpc) is 2.68. The van der Waals surface area contributed by atoms with E-state index in [2.05, 4.69) is 39.8 Å². The summed E-state index contributed by atoms with van der Waals surface area (Å²) in [5.41, 5.74) is 0. The van der Waals surface area contributed by atoms with Crippen molar-refractivity contribution < 1.29 is 4.79 Å². The van der Waals surface area contributed by atoms with Gasteiger partial charge in [0.15, 0.2) is 0 Å². The lowest BCUT2D eigenvalue weighted by atomic mass is 9.97. The minimum atomic E-state index is 0.124. The molecule has 1 aromatic heterocycles. The van der Waals surface area contributed by atoms with Crippen molar-refractivity contribution in [3.63, 3.8) is 0 Å². The third kappa shape index (κ3) is 2.72. The molecule has 2 unspecified atom stereocenters. The number of carbonyl (C=O) groups is 1. The molecule has 0 radical (unpaired) electrons. The molecule has 1 aliphatic rings. The van der Waals surface area contributed by atoms with Crippen LogP contribution >= 0.6 is 22.6 Å². The second kappa shape index (κ2) is 5.12. The van der Waals surface area contributed by atoms with Crippen LogP contribution in [0.4, 0.5) is 5.82 Å². The largest absolute Gasteiger partial charge is 0.310 e. The summed E-state index contributed by atoms with van der Waals surface area (Å²) in [6, 6.07) is 3.79. The predicted molar refractivity (Wildman–Crippen MR) is 72.1 cm³/mol. The molecule has 0 bridgehead atoms. The number of hydrogen-bond donors (Lipinski definition) is 1. The van der Waals surface area contributed by atoms with Crippen LogP contribution in [-0.2, 0) is 4.79 Å². The maximum atomic E-state index is 12.0. The van der Waals surface area contributed by atoms with Gasteiger partial charge >= 0.3 is 0 Å². The molecule has 2 rings (SSSR count). The molecular formula is C12H15IN2O. The number of pyridine rings is 1. The zero-order valence-corrected chi connectivity index (χ0v) is 11.4. The van der Waals surface area contributed by atoms with Gasteiger partial charge in [-0.2, -0.15) is 0 Å². The first-order valence-electron chi connectivity index (χ1n) is 5.59. The number of nitrogens with one attached hydrogen (secondary N) is 1. The van der Waals surface area contributed by atoms with Crippen molar-refractivity contribution in [3.05, 3.63) is 21.9 Å². The summed E-state index contributed by atoms with van der Waals surface area (Å²) >= 11 is 2.20. The van der Waals surface area contributed by atoms with Crippen LogP contribution in [0.25, 0.3) is 0 Å². The van der Waals surface area contributed by atoms with Gasteiger partial charge in [0.1, 0.15) is 5.82 Å². The van der Waals surface area contributed by atoms with Crippen molar-refractivity contribution in [2.75, 3.05) is 5.32 Å². The highest BCUT2D eigenvalue weighted by molar-refractivity contribution is 14.1. The second-order valence-electron chi connectivity index (χ2n) is 4.37. The number of rotatable bonds is 2. The van der Waals surface area contributed by atoms with Crippen molar-refractivity contribution in [1.82, 2.24) is 4.98 Å². The molecule has 0 aromatic carbocycles. The molecule has 0 aliphatic heterocycles. The van der Waals surface area contributed by atoms with Crippen LogP contribution in [0.3, 0.4) is 0 Å². The lowest BCUT2D eigenvalue weighted by Gasteiger charge is -2.14.